The maximum atomic E-state index is 10.7. The summed E-state index contributed by atoms with van der Waals surface area (Å²) < 4.78 is 0. The summed E-state index contributed by atoms with van der Waals surface area (Å²) in [5.41, 5.74) is 0. The second-order valence-electron chi connectivity index (χ2n) is 4.20. The molecule has 14 heavy (non-hydrogen) atoms. The number of hydrogen-bond donors (Lipinski definition) is 2. The Morgan fingerprint density at radius 3 is 2.64 bits per heavy atom. The number of carboxylic acids is 1. The maximum Gasteiger partial charge on any atom is 0.322 e. The first kappa shape index (κ1) is 11.5. The van der Waals surface area contributed by atoms with Gasteiger partial charge in [-0.1, -0.05) is 6.42 Å². The topological polar surface area (TPSA) is 52.6 Å². The Hall–Kier alpha value is -0.610. The molecule has 0 saturated heterocycles. The van der Waals surface area contributed by atoms with Gasteiger partial charge >= 0.3 is 5.97 Å². The average molecular weight is 200 g/mol. The molecule has 0 aromatic heterocycles. The monoisotopic (exact) mass is 200 g/mol. The fourth-order valence-corrected chi connectivity index (χ4v) is 1.80. The van der Waals surface area contributed by atoms with Crippen LogP contribution >= 0.6 is 0 Å². The summed E-state index contributed by atoms with van der Waals surface area (Å²) in [6.45, 7) is 1.62. The first-order valence-electron chi connectivity index (χ1n) is 5.22. The highest BCUT2D eigenvalue weighted by Gasteiger charge is 2.22. The molecule has 0 aromatic rings. The predicted molar refractivity (Wildman–Crippen MR) is 55.3 cm³/mol. The molecule has 2 N–H and O–H groups in total. The van der Waals surface area contributed by atoms with Crippen LogP contribution in [0.4, 0.5) is 0 Å². The fraction of sp³-hybridized carbons (Fsp3) is 0.900. The molecular formula is C10H20N2O2. The number of carboxylic acid groups (broad SMARTS) is 1. The van der Waals surface area contributed by atoms with E-state index < -0.39 is 12.0 Å². The van der Waals surface area contributed by atoms with Gasteiger partial charge in [-0.05, 0) is 32.9 Å². The number of rotatable bonds is 6. The standard InChI is InChI=1S/C10H20N2O2/c1-11-9(10(13)14)7-12(2)6-8-4-3-5-8/h8-9,11H,3-7H2,1-2H3,(H,13,14). The van der Waals surface area contributed by atoms with E-state index in [1.54, 1.807) is 7.05 Å². The largest absolute Gasteiger partial charge is 0.480 e. The Labute approximate surface area is 85.3 Å². The van der Waals surface area contributed by atoms with Crippen LogP contribution in [0.3, 0.4) is 0 Å². The zero-order valence-electron chi connectivity index (χ0n) is 8.99. The van der Waals surface area contributed by atoms with Gasteiger partial charge in [0, 0.05) is 13.1 Å². The van der Waals surface area contributed by atoms with E-state index in [0.29, 0.717) is 6.54 Å². The van der Waals surface area contributed by atoms with Crippen LogP contribution < -0.4 is 5.32 Å². The Kier molecular flexibility index (Phi) is 4.35. The molecule has 1 saturated carbocycles. The van der Waals surface area contributed by atoms with Crippen molar-refractivity contribution in [3.63, 3.8) is 0 Å². The van der Waals surface area contributed by atoms with Crippen LogP contribution in [0, 0.1) is 5.92 Å². The van der Waals surface area contributed by atoms with Crippen molar-refractivity contribution in [2.24, 2.45) is 5.92 Å². The third kappa shape index (κ3) is 3.27. The van der Waals surface area contributed by atoms with E-state index in [1.807, 2.05) is 7.05 Å². The molecule has 1 aliphatic carbocycles. The van der Waals surface area contributed by atoms with Crippen molar-refractivity contribution < 1.29 is 9.90 Å². The second-order valence-corrected chi connectivity index (χ2v) is 4.20. The van der Waals surface area contributed by atoms with Gasteiger partial charge in [-0.25, -0.2) is 0 Å². The Morgan fingerprint density at radius 1 is 1.64 bits per heavy atom. The average Bonchev–Trinajstić information content (AvgIpc) is 2.07. The van der Waals surface area contributed by atoms with E-state index in [4.69, 9.17) is 5.11 Å². The highest BCUT2D eigenvalue weighted by molar-refractivity contribution is 5.73. The summed E-state index contributed by atoms with van der Waals surface area (Å²) in [4.78, 5) is 12.9. The molecule has 0 spiro atoms. The summed E-state index contributed by atoms with van der Waals surface area (Å²) in [5, 5.41) is 11.6. The molecule has 0 radical (unpaired) electrons. The molecule has 1 unspecified atom stereocenters. The fourth-order valence-electron chi connectivity index (χ4n) is 1.80. The molecule has 0 bridgehead atoms. The Bertz CT molecular complexity index is 193. The summed E-state index contributed by atoms with van der Waals surface area (Å²) in [7, 11) is 3.68. The summed E-state index contributed by atoms with van der Waals surface area (Å²) >= 11 is 0. The molecule has 0 amide bonds. The predicted octanol–water partition coefficient (Wildman–Crippen LogP) is 0.391. The van der Waals surface area contributed by atoms with Crippen molar-refractivity contribution in [3.8, 4) is 0 Å². The summed E-state index contributed by atoms with van der Waals surface area (Å²) in [6, 6.07) is -0.444. The second kappa shape index (κ2) is 5.32. The first-order valence-corrected chi connectivity index (χ1v) is 5.22. The zero-order valence-corrected chi connectivity index (χ0v) is 8.99. The van der Waals surface area contributed by atoms with Crippen LogP contribution in [0.15, 0.2) is 0 Å². The number of nitrogens with zero attached hydrogens (tertiary/aromatic N) is 1. The van der Waals surface area contributed by atoms with Gasteiger partial charge in [-0.2, -0.15) is 0 Å². The van der Waals surface area contributed by atoms with Gasteiger partial charge < -0.3 is 15.3 Å². The highest BCUT2D eigenvalue weighted by atomic mass is 16.4. The highest BCUT2D eigenvalue weighted by Crippen LogP contribution is 2.26. The van der Waals surface area contributed by atoms with Gasteiger partial charge in [-0.3, -0.25) is 4.79 Å². The number of nitrogens with one attached hydrogen (secondary N) is 1. The van der Waals surface area contributed by atoms with E-state index >= 15 is 0 Å². The molecule has 82 valence electrons. The molecule has 4 heteroatoms. The minimum Gasteiger partial charge on any atom is -0.480 e. The molecule has 1 rings (SSSR count). The van der Waals surface area contributed by atoms with Crippen molar-refractivity contribution >= 4 is 5.97 Å². The number of hydrogen-bond acceptors (Lipinski definition) is 3. The van der Waals surface area contributed by atoms with Crippen molar-refractivity contribution in [2.75, 3.05) is 27.2 Å². The van der Waals surface area contributed by atoms with Crippen LogP contribution in [0.2, 0.25) is 0 Å². The lowest BCUT2D eigenvalue weighted by Gasteiger charge is -2.31. The van der Waals surface area contributed by atoms with E-state index in [2.05, 4.69) is 10.2 Å². The third-order valence-corrected chi connectivity index (χ3v) is 2.94. The normalized spacial score (nSPS) is 19.4. The van der Waals surface area contributed by atoms with Gasteiger partial charge in [0.1, 0.15) is 6.04 Å². The lowest BCUT2D eigenvalue weighted by Crippen LogP contribution is -2.45. The van der Waals surface area contributed by atoms with Crippen LogP contribution in [0.25, 0.3) is 0 Å². The van der Waals surface area contributed by atoms with Crippen molar-refractivity contribution in [2.45, 2.75) is 25.3 Å². The maximum absolute atomic E-state index is 10.7. The van der Waals surface area contributed by atoms with Gasteiger partial charge in [0.25, 0.3) is 0 Å². The summed E-state index contributed by atoms with van der Waals surface area (Å²) in [5.74, 6) is 0.0271. The quantitative estimate of drug-likeness (QED) is 0.651. The third-order valence-electron chi connectivity index (χ3n) is 2.94. The van der Waals surface area contributed by atoms with E-state index in [-0.39, 0.29) is 0 Å². The lowest BCUT2D eigenvalue weighted by atomic mass is 9.85. The number of likely N-dealkylation sites (N-methyl/N-ethyl adjacent to an activating group) is 2. The summed E-state index contributed by atoms with van der Waals surface area (Å²) in [6.07, 6.45) is 3.95. The molecule has 0 aliphatic heterocycles. The van der Waals surface area contributed by atoms with Crippen LogP contribution in [-0.2, 0) is 4.79 Å². The lowest BCUT2D eigenvalue weighted by molar-refractivity contribution is -0.139. The molecule has 1 atom stereocenters. The number of carbonyl (C=O) groups is 1. The van der Waals surface area contributed by atoms with Crippen molar-refractivity contribution in [1.29, 1.82) is 0 Å². The zero-order chi connectivity index (χ0) is 10.6. The van der Waals surface area contributed by atoms with E-state index in [0.717, 1.165) is 12.5 Å². The van der Waals surface area contributed by atoms with Crippen LogP contribution in [0.5, 0.6) is 0 Å². The minimum atomic E-state index is -0.770. The molecular weight excluding hydrogens is 180 g/mol. The van der Waals surface area contributed by atoms with Crippen LogP contribution in [0.1, 0.15) is 19.3 Å². The molecule has 1 fully saturated rings. The van der Waals surface area contributed by atoms with E-state index in [9.17, 15) is 4.79 Å². The van der Waals surface area contributed by atoms with Crippen LogP contribution in [-0.4, -0.2) is 49.2 Å². The molecule has 1 aliphatic rings. The number of aliphatic carboxylic acids is 1. The van der Waals surface area contributed by atoms with Gasteiger partial charge in [0.05, 0.1) is 0 Å². The Balaban J connectivity index is 2.22. The van der Waals surface area contributed by atoms with Crippen molar-refractivity contribution in [1.82, 2.24) is 10.2 Å². The molecule has 0 heterocycles. The molecule has 0 aromatic carbocycles. The SMILES string of the molecule is CNC(CN(C)CC1CCC1)C(=O)O. The van der Waals surface area contributed by atoms with Gasteiger partial charge in [-0.15, -0.1) is 0 Å². The first-order chi connectivity index (χ1) is 6.63. The smallest absolute Gasteiger partial charge is 0.322 e. The van der Waals surface area contributed by atoms with Gasteiger partial charge in [0.2, 0.25) is 0 Å². The Morgan fingerprint density at radius 2 is 2.29 bits per heavy atom. The minimum absolute atomic E-state index is 0.444. The van der Waals surface area contributed by atoms with Crippen molar-refractivity contribution in [3.05, 3.63) is 0 Å². The van der Waals surface area contributed by atoms with Gasteiger partial charge in [0.15, 0.2) is 0 Å². The molecule has 4 nitrogen and oxygen atoms in total. The van der Waals surface area contributed by atoms with E-state index in [1.165, 1.54) is 19.3 Å².